The van der Waals surface area contributed by atoms with Crippen molar-refractivity contribution in [1.29, 1.82) is 0 Å². The van der Waals surface area contributed by atoms with Crippen LogP contribution in [0, 0.1) is 0 Å². The van der Waals surface area contributed by atoms with Crippen molar-refractivity contribution in [2.75, 3.05) is 0 Å². The molecule has 0 N–H and O–H groups in total. The number of carbonyl (C=O) groups is 1. The molecule has 0 heterocycles. The predicted octanol–water partition coefficient (Wildman–Crippen LogP) is 5.28. The van der Waals surface area contributed by atoms with E-state index < -0.39 is 0 Å². The van der Waals surface area contributed by atoms with E-state index in [1.807, 2.05) is 18.2 Å². The summed E-state index contributed by atoms with van der Waals surface area (Å²) in [5, 5.41) is 1.11. The molecule has 2 aromatic carbocycles. The molecule has 0 amide bonds. The highest BCUT2D eigenvalue weighted by Gasteiger charge is 2.08. The Morgan fingerprint density at radius 2 is 1.74 bits per heavy atom. The molecule has 0 aliphatic carbocycles. The number of benzene rings is 2. The average molecular weight is 291 g/mol. The van der Waals surface area contributed by atoms with Gasteiger partial charge in [0, 0.05) is 15.6 Å². The van der Waals surface area contributed by atoms with Gasteiger partial charge >= 0.3 is 0 Å². The highest BCUT2D eigenvalue weighted by atomic mass is 35.5. The van der Waals surface area contributed by atoms with Crippen molar-refractivity contribution >= 4 is 35.1 Å². The lowest BCUT2D eigenvalue weighted by molar-refractivity contribution is 0.103. The molecule has 1 nitrogen and oxygen atoms in total. The summed E-state index contributed by atoms with van der Waals surface area (Å²) in [7, 11) is 0. The SMILES string of the molecule is C/C(=C\c1ccc(Cl)cc1Cl)C(=O)c1ccccc1. The normalized spacial score (nSPS) is 11.4. The fourth-order valence-electron chi connectivity index (χ4n) is 1.73. The molecular weight excluding hydrogens is 279 g/mol. The van der Waals surface area contributed by atoms with Crippen molar-refractivity contribution in [2.45, 2.75) is 6.92 Å². The molecule has 19 heavy (non-hydrogen) atoms. The van der Waals surface area contributed by atoms with E-state index in [4.69, 9.17) is 23.2 Å². The first-order chi connectivity index (χ1) is 9.08. The number of hydrogen-bond acceptors (Lipinski definition) is 1. The zero-order chi connectivity index (χ0) is 13.8. The summed E-state index contributed by atoms with van der Waals surface area (Å²) >= 11 is 11.9. The zero-order valence-electron chi connectivity index (χ0n) is 10.4. The quantitative estimate of drug-likeness (QED) is 0.555. The van der Waals surface area contributed by atoms with Gasteiger partial charge in [-0.3, -0.25) is 4.79 Å². The number of allylic oxidation sites excluding steroid dienone is 1. The van der Waals surface area contributed by atoms with Gasteiger partial charge in [0.1, 0.15) is 0 Å². The van der Waals surface area contributed by atoms with Gasteiger partial charge < -0.3 is 0 Å². The molecule has 0 aromatic heterocycles. The summed E-state index contributed by atoms with van der Waals surface area (Å²) < 4.78 is 0. The van der Waals surface area contributed by atoms with Crippen LogP contribution in [0.25, 0.3) is 6.08 Å². The second-order valence-corrected chi connectivity index (χ2v) is 5.03. The molecule has 0 spiro atoms. The summed E-state index contributed by atoms with van der Waals surface area (Å²) in [5.41, 5.74) is 2.09. The van der Waals surface area contributed by atoms with Gasteiger partial charge in [0.25, 0.3) is 0 Å². The lowest BCUT2D eigenvalue weighted by Gasteiger charge is -2.03. The van der Waals surface area contributed by atoms with Crippen LogP contribution in [0.15, 0.2) is 54.1 Å². The second-order valence-electron chi connectivity index (χ2n) is 4.19. The minimum Gasteiger partial charge on any atom is -0.289 e. The maximum Gasteiger partial charge on any atom is 0.188 e. The van der Waals surface area contributed by atoms with Crippen LogP contribution in [0.2, 0.25) is 10.0 Å². The molecule has 2 rings (SSSR count). The Hall–Kier alpha value is -1.57. The van der Waals surface area contributed by atoms with Gasteiger partial charge in [-0.2, -0.15) is 0 Å². The van der Waals surface area contributed by atoms with Crippen LogP contribution in [0.3, 0.4) is 0 Å². The van der Waals surface area contributed by atoms with Gasteiger partial charge in [0.05, 0.1) is 0 Å². The van der Waals surface area contributed by atoms with Gasteiger partial charge in [-0.15, -0.1) is 0 Å². The standard InChI is InChI=1S/C16H12Cl2O/c1-11(16(19)12-5-3-2-4-6-12)9-13-7-8-14(17)10-15(13)18/h2-10H,1H3/b11-9+. The molecule has 0 fully saturated rings. The zero-order valence-corrected chi connectivity index (χ0v) is 11.9. The summed E-state index contributed by atoms with van der Waals surface area (Å²) in [4.78, 5) is 12.2. The number of ketones is 1. The topological polar surface area (TPSA) is 17.1 Å². The Morgan fingerprint density at radius 3 is 2.37 bits per heavy atom. The number of halogens is 2. The van der Waals surface area contributed by atoms with Crippen molar-refractivity contribution in [3.8, 4) is 0 Å². The first-order valence-electron chi connectivity index (χ1n) is 5.81. The first kappa shape index (κ1) is 13.9. The number of Topliss-reactive ketones (excluding diaryl/α,β-unsaturated/α-hetero) is 1. The maximum absolute atomic E-state index is 12.2. The van der Waals surface area contributed by atoms with E-state index in [-0.39, 0.29) is 5.78 Å². The Kier molecular flexibility index (Phi) is 4.41. The van der Waals surface area contributed by atoms with Gasteiger partial charge in [-0.1, -0.05) is 59.6 Å². The van der Waals surface area contributed by atoms with Crippen LogP contribution < -0.4 is 0 Å². The van der Waals surface area contributed by atoms with E-state index >= 15 is 0 Å². The van der Waals surface area contributed by atoms with Crippen molar-refractivity contribution < 1.29 is 4.79 Å². The molecule has 96 valence electrons. The number of carbonyl (C=O) groups excluding carboxylic acids is 1. The summed E-state index contributed by atoms with van der Waals surface area (Å²) in [5.74, 6) is -0.00776. The predicted molar refractivity (Wildman–Crippen MR) is 80.9 cm³/mol. The monoisotopic (exact) mass is 290 g/mol. The molecule has 0 bridgehead atoms. The summed E-state index contributed by atoms with van der Waals surface area (Å²) in [6, 6.07) is 14.4. The summed E-state index contributed by atoms with van der Waals surface area (Å²) in [6.45, 7) is 1.78. The second kappa shape index (κ2) is 6.05. The van der Waals surface area contributed by atoms with E-state index in [1.54, 1.807) is 43.3 Å². The van der Waals surface area contributed by atoms with Gasteiger partial charge in [-0.25, -0.2) is 0 Å². The van der Waals surface area contributed by atoms with Crippen LogP contribution >= 0.6 is 23.2 Å². The number of rotatable bonds is 3. The summed E-state index contributed by atoms with van der Waals surface area (Å²) in [6.07, 6.45) is 1.77. The molecule has 0 saturated heterocycles. The van der Waals surface area contributed by atoms with Gasteiger partial charge in [0.2, 0.25) is 0 Å². The van der Waals surface area contributed by atoms with Crippen LogP contribution in [-0.2, 0) is 0 Å². The third kappa shape index (κ3) is 3.46. The molecule has 0 unspecified atom stereocenters. The maximum atomic E-state index is 12.2. The van der Waals surface area contributed by atoms with Crippen LogP contribution in [0.4, 0.5) is 0 Å². The van der Waals surface area contributed by atoms with E-state index in [9.17, 15) is 4.79 Å². The number of hydrogen-bond donors (Lipinski definition) is 0. The van der Waals surface area contributed by atoms with Crippen molar-refractivity contribution in [3.63, 3.8) is 0 Å². The minimum absolute atomic E-state index is 0.00776. The fraction of sp³-hybridized carbons (Fsp3) is 0.0625. The van der Waals surface area contributed by atoms with E-state index in [1.165, 1.54) is 0 Å². The van der Waals surface area contributed by atoms with E-state index in [0.29, 0.717) is 21.2 Å². The highest BCUT2D eigenvalue weighted by Crippen LogP contribution is 2.23. The fourth-order valence-corrected chi connectivity index (χ4v) is 2.20. The highest BCUT2D eigenvalue weighted by molar-refractivity contribution is 6.35. The lowest BCUT2D eigenvalue weighted by atomic mass is 10.0. The van der Waals surface area contributed by atoms with E-state index in [2.05, 4.69) is 0 Å². The Morgan fingerprint density at radius 1 is 1.05 bits per heavy atom. The molecule has 3 heteroatoms. The third-order valence-electron chi connectivity index (χ3n) is 2.73. The smallest absolute Gasteiger partial charge is 0.188 e. The lowest BCUT2D eigenvalue weighted by Crippen LogP contribution is -2.00. The molecular formula is C16H12Cl2O. The van der Waals surface area contributed by atoms with Crippen LogP contribution in [0.1, 0.15) is 22.8 Å². The molecule has 2 aromatic rings. The average Bonchev–Trinajstić information content (AvgIpc) is 2.42. The Labute approximate surface area is 122 Å². The molecule has 0 radical (unpaired) electrons. The largest absolute Gasteiger partial charge is 0.289 e. The van der Waals surface area contributed by atoms with Crippen molar-refractivity contribution in [3.05, 3.63) is 75.3 Å². The minimum atomic E-state index is -0.00776. The Bertz CT molecular complexity index is 630. The van der Waals surface area contributed by atoms with Crippen molar-refractivity contribution in [1.82, 2.24) is 0 Å². The first-order valence-corrected chi connectivity index (χ1v) is 6.56. The van der Waals surface area contributed by atoms with Crippen LogP contribution in [-0.4, -0.2) is 5.78 Å². The third-order valence-corrected chi connectivity index (χ3v) is 3.29. The molecule has 0 aliphatic heterocycles. The van der Waals surface area contributed by atoms with Gasteiger partial charge in [-0.05, 0) is 36.3 Å². The molecule has 0 aliphatic rings. The van der Waals surface area contributed by atoms with Gasteiger partial charge in [0.15, 0.2) is 5.78 Å². The van der Waals surface area contributed by atoms with Crippen molar-refractivity contribution in [2.24, 2.45) is 0 Å². The molecule has 0 saturated carbocycles. The Balaban J connectivity index is 2.31. The van der Waals surface area contributed by atoms with Crippen LogP contribution in [0.5, 0.6) is 0 Å². The van der Waals surface area contributed by atoms with E-state index in [0.717, 1.165) is 5.56 Å². The molecule has 0 atom stereocenters.